The Morgan fingerprint density at radius 2 is 1.73 bits per heavy atom. The average Bonchev–Trinajstić information content (AvgIpc) is 3.51. The maximum absolute atomic E-state index is 13.2. The van der Waals surface area contributed by atoms with Gasteiger partial charge in [-0.05, 0) is 31.0 Å². The van der Waals surface area contributed by atoms with Gasteiger partial charge in [0, 0.05) is 31.3 Å². The third kappa shape index (κ3) is 10.2. The molecule has 4 amide bonds. The van der Waals surface area contributed by atoms with Gasteiger partial charge >= 0.3 is 6.09 Å². The van der Waals surface area contributed by atoms with E-state index in [-0.39, 0.29) is 32.5 Å². The number of nitrogens with zero attached hydrogens (tertiary/aromatic N) is 2. The Labute approximate surface area is 237 Å². The highest BCUT2D eigenvalue weighted by molar-refractivity contribution is 6.02. The first-order chi connectivity index (χ1) is 19.9. The maximum Gasteiger partial charge on any atom is 0.407 e. The van der Waals surface area contributed by atoms with Crippen molar-refractivity contribution in [3.05, 3.63) is 84.4 Å². The number of amides is 4. The maximum atomic E-state index is 13.2. The summed E-state index contributed by atoms with van der Waals surface area (Å²) < 4.78 is 5.12. The van der Waals surface area contributed by atoms with Crippen molar-refractivity contribution >= 4 is 35.8 Å². The number of H-pyrrole nitrogens is 1. The van der Waals surface area contributed by atoms with Crippen molar-refractivity contribution in [2.75, 3.05) is 18.0 Å². The molecule has 0 aliphatic carbocycles. The smallest absolute Gasteiger partial charge is 0.407 e. The van der Waals surface area contributed by atoms with Crippen molar-refractivity contribution in [2.24, 2.45) is 0 Å². The van der Waals surface area contributed by atoms with Gasteiger partial charge in [-0.3, -0.25) is 24.1 Å². The highest BCUT2D eigenvalue weighted by atomic mass is 16.5. The first-order valence-corrected chi connectivity index (χ1v) is 13.1. The molecular weight excluding hydrogens is 528 g/mol. The highest BCUT2D eigenvalue weighted by Gasteiger charge is 2.29. The summed E-state index contributed by atoms with van der Waals surface area (Å²) in [5.41, 5.74) is 1.88. The van der Waals surface area contributed by atoms with E-state index < -0.39 is 35.9 Å². The van der Waals surface area contributed by atoms with Gasteiger partial charge in [0.15, 0.2) is 0 Å². The highest BCUT2D eigenvalue weighted by Crippen LogP contribution is 2.17. The molecule has 0 saturated heterocycles. The molecule has 4 N–H and O–H groups in total. The lowest BCUT2D eigenvalue weighted by molar-refractivity contribution is -0.127. The summed E-state index contributed by atoms with van der Waals surface area (Å²) in [5.74, 6) is -1.48. The molecule has 0 aliphatic rings. The van der Waals surface area contributed by atoms with Crippen LogP contribution in [0.4, 0.5) is 10.5 Å². The Morgan fingerprint density at radius 1 is 1.02 bits per heavy atom. The third-order valence-electron chi connectivity index (χ3n) is 6.00. The number of para-hydroxylation sites is 1. The SMILES string of the molecule is CC(C(=O)NC([C]=O)Cc1c[nH]cn1)N(C(=O)CNC(=O)CCCNC(=O)OCc1ccccc1)c1ccccc1. The van der Waals surface area contributed by atoms with Crippen LogP contribution >= 0.6 is 0 Å². The minimum Gasteiger partial charge on any atom is -0.445 e. The molecule has 2 unspecified atom stereocenters. The molecule has 3 aromatic rings. The van der Waals surface area contributed by atoms with E-state index in [4.69, 9.17) is 4.74 Å². The molecule has 12 heteroatoms. The number of carbonyl (C=O) groups is 4. The number of aromatic nitrogens is 2. The minimum atomic E-state index is -0.997. The number of benzene rings is 2. The molecule has 1 heterocycles. The number of nitrogens with one attached hydrogen (secondary N) is 4. The number of ether oxygens (including phenoxy) is 1. The van der Waals surface area contributed by atoms with E-state index in [9.17, 15) is 24.0 Å². The zero-order valence-electron chi connectivity index (χ0n) is 22.7. The van der Waals surface area contributed by atoms with Gasteiger partial charge in [-0.25, -0.2) is 9.78 Å². The molecule has 0 aliphatic heterocycles. The summed E-state index contributed by atoms with van der Waals surface area (Å²) in [7, 11) is 0. The summed E-state index contributed by atoms with van der Waals surface area (Å²) >= 11 is 0. The Bertz CT molecular complexity index is 1270. The van der Waals surface area contributed by atoms with Crippen LogP contribution in [-0.4, -0.2) is 65.2 Å². The summed E-state index contributed by atoms with van der Waals surface area (Å²) in [6, 6.07) is 15.8. The van der Waals surface area contributed by atoms with E-state index in [0.717, 1.165) is 5.56 Å². The van der Waals surface area contributed by atoms with Gasteiger partial charge in [-0.2, -0.15) is 0 Å². The second kappa shape index (κ2) is 16.2. The van der Waals surface area contributed by atoms with Crippen molar-refractivity contribution in [2.45, 2.75) is 44.9 Å². The second-order valence-electron chi connectivity index (χ2n) is 9.09. The van der Waals surface area contributed by atoms with Crippen LogP contribution in [0.15, 0.2) is 73.2 Å². The number of aromatic amines is 1. The van der Waals surface area contributed by atoms with Gasteiger partial charge in [0.05, 0.1) is 18.6 Å². The lowest BCUT2D eigenvalue weighted by Gasteiger charge is -2.29. The van der Waals surface area contributed by atoms with Gasteiger partial charge in [-0.1, -0.05) is 48.5 Å². The zero-order chi connectivity index (χ0) is 29.5. The molecular formula is C29H33N6O6. The van der Waals surface area contributed by atoms with Gasteiger partial charge < -0.3 is 25.7 Å². The first kappa shape index (κ1) is 30.5. The number of hydrogen-bond acceptors (Lipinski definition) is 7. The van der Waals surface area contributed by atoms with Crippen LogP contribution in [0.5, 0.6) is 0 Å². The number of hydrogen-bond donors (Lipinski definition) is 4. The number of rotatable bonds is 15. The van der Waals surface area contributed by atoms with Crippen molar-refractivity contribution < 1.29 is 28.7 Å². The molecule has 3 rings (SSSR count). The number of anilines is 1. The largest absolute Gasteiger partial charge is 0.445 e. The molecule has 12 nitrogen and oxygen atoms in total. The Hall–Kier alpha value is -5.00. The van der Waals surface area contributed by atoms with Crippen LogP contribution in [0, 0.1) is 0 Å². The van der Waals surface area contributed by atoms with Crippen LogP contribution in [-0.2, 0) is 36.9 Å². The average molecular weight is 562 g/mol. The summed E-state index contributed by atoms with van der Waals surface area (Å²) in [6.07, 6.45) is 4.81. The van der Waals surface area contributed by atoms with E-state index in [2.05, 4.69) is 25.9 Å². The van der Waals surface area contributed by atoms with Crippen molar-refractivity contribution in [3.8, 4) is 0 Å². The lowest BCUT2D eigenvalue weighted by Crippen LogP contribution is -2.53. The topological polar surface area (TPSA) is 163 Å². The van der Waals surface area contributed by atoms with Crippen LogP contribution in [0.1, 0.15) is 31.0 Å². The summed E-state index contributed by atoms with van der Waals surface area (Å²) in [5, 5.41) is 7.74. The fourth-order valence-corrected chi connectivity index (χ4v) is 3.88. The number of alkyl carbamates (subject to hydrolysis) is 1. The molecule has 215 valence electrons. The predicted octanol–water partition coefficient (Wildman–Crippen LogP) is 1.79. The zero-order valence-corrected chi connectivity index (χ0v) is 22.7. The van der Waals surface area contributed by atoms with E-state index in [1.54, 1.807) is 42.8 Å². The molecule has 2 atom stereocenters. The quantitative estimate of drug-likeness (QED) is 0.206. The molecule has 2 aromatic carbocycles. The standard InChI is InChI=1S/C29H33N6O6/c1-21(28(39)34-24(18-36)15-23-16-30-20-33-23)35(25-11-6-3-7-12-25)27(38)17-32-26(37)13-8-14-31-29(40)41-19-22-9-4-2-5-10-22/h2-7,9-12,16,20-21,24H,8,13-15,17,19H2,1H3,(H,30,33)(H,31,40)(H,32,37)(H,34,39). The van der Waals surface area contributed by atoms with Crippen molar-refractivity contribution in [1.29, 1.82) is 0 Å². The normalized spacial score (nSPS) is 11.9. The van der Waals surface area contributed by atoms with E-state index in [1.807, 2.05) is 30.3 Å². The van der Waals surface area contributed by atoms with E-state index in [1.165, 1.54) is 18.2 Å². The van der Waals surface area contributed by atoms with Crippen LogP contribution in [0.3, 0.4) is 0 Å². The number of carbonyl (C=O) groups excluding carboxylic acids is 5. The molecule has 41 heavy (non-hydrogen) atoms. The van der Waals surface area contributed by atoms with Crippen molar-refractivity contribution in [1.82, 2.24) is 25.9 Å². The van der Waals surface area contributed by atoms with E-state index in [0.29, 0.717) is 17.8 Å². The van der Waals surface area contributed by atoms with Gasteiger partial charge in [0.1, 0.15) is 18.7 Å². The fraction of sp³-hybridized carbons (Fsp3) is 0.310. The van der Waals surface area contributed by atoms with E-state index >= 15 is 0 Å². The lowest BCUT2D eigenvalue weighted by atomic mass is 10.1. The van der Waals surface area contributed by atoms with Crippen LogP contribution in [0.2, 0.25) is 0 Å². The summed E-state index contributed by atoms with van der Waals surface area (Å²) in [6.45, 7) is 1.53. The Morgan fingerprint density at radius 3 is 2.39 bits per heavy atom. The first-order valence-electron chi connectivity index (χ1n) is 13.1. The molecule has 0 fully saturated rings. The second-order valence-corrected chi connectivity index (χ2v) is 9.09. The molecule has 1 aromatic heterocycles. The minimum absolute atomic E-state index is 0.0671. The third-order valence-corrected chi connectivity index (χ3v) is 6.00. The predicted molar refractivity (Wildman–Crippen MR) is 150 cm³/mol. The van der Waals surface area contributed by atoms with Gasteiger partial charge in [0.25, 0.3) is 0 Å². The Balaban J connectivity index is 1.46. The summed E-state index contributed by atoms with van der Waals surface area (Å²) in [4.78, 5) is 69.9. The molecule has 0 bridgehead atoms. The number of imidazole rings is 1. The van der Waals surface area contributed by atoms with Gasteiger partial charge in [-0.15, -0.1) is 0 Å². The Kier molecular flexibility index (Phi) is 12.1. The molecule has 0 saturated carbocycles. The molecule has 0 spiro atoms. The van der Waals surface area contributed by atoms with Gasteiger partial charge in [0.2, 0.25) is 24.0 Å². The molecule has 1 radical (unpaired) electrons. The fourth-order valence-electron chi connectivity index (χ4n) is 3.88. The van der Waals surface area contributed by atoms with Crippen LogP contribution in [0.25, 0.3) is 0 Å². The monoisotopic (exact) mass is 561 g/mol. The van der Waals surface area contributed by atoms with Crippen molar-refractivity contribution in [3.63, 3.8) is 0 Å². The van der Waals surface area contributed by atoms with Crippen LogP contribution < -0.4 is 20.9 Å².